The van der Waals surface area contributed by atoms with Crippen LogP contribution in [0.1, 0.15) is 24.8 Å². The van der Waals surface area contributed by atoms with Crippen molar-refractivity contribution in [1.82, 2.24) is 14.9 Å². The van der Waals surface area contributed by atoms with Crippen molar-refractivity contribution in [3.05, 3.63) is 36.2 Å². The summed E-state index contributed by atoms with van der Waals surface area (Å²) in [5.41, 5.74) is 1.72. The molecule has 1 unspecified atom stereocenters. The Hall–Kier alpha value is -2.55. The highest BCUT2D eigenvalue weighted by Crippen LogP contribution is 2.70. The molecule has 2 aliphatic carbocycles. The Kier molecular flexibility index (Phi) is 3.52. The molecule has 27 heavy (non-hydrogen) atoms. The number of hydrogen-bond acceptors (Lipinski definition) is 6. The highest BCUT2D eigenvalue weighted by molar-refractivity contribution is 7.92. The van der Waals surface area contributed by atoms with Gasteiger partial charge in [0.1, 0.15) is 11.1 Å². The fourth-order valence-electron chi connectivity index (χ4n) is 3.89. The second-order valence-corrected chi connectivity index (χ2v) is 9.32. The molecule has 2 fully saturated rings. The number of hydrogen-bond donors (Lipinski definition) is 1. The summed E-state index contributed by atoms with van der Waals surface area (Å²) in [6.45, 7) is 0.546. The summed E-state index contributed by atoms with van der Waals surface area (Å²) in [6.07, 6.45) is 6.91. The molecule has 0 saturated heterocycles. The van der Waals surface area contributed by atoms with Gasteiger partial charge in [-0.2, -0.15) is 5.10 Å². The van der Waals surface area contributed by atoms with Crippen molar-refractivity contribution in [3.8, 4) is 5.75 Å². The fraction of sp³-hybridized carbons (Fsp3) is 0.444. The van der Waals surface area contributed by atoms with Crippen molar-refractivity contribution in [2.24, 2.45) is 11.3 Å². The van der Waals surface area contributed by atoms with E-state index in [4.69, 9.17) is 9.26 Å². The van der Waals surface area contributed by atoms with Crippen LogP contribution in [0.15, 0.2) is 35.1 Å². The van der Waals surface area contributed by atoms with E-state index in [2.05, 4.69) is 15.0 Å². The molecular weight excluding hydrogens is 368 g/mol. The van der Waals surface area contributed by atoms with E-state index in [0.29, 0.717) is 28.7 Å². The third kappa shape index (κ3) is 3.05. The van der Waals surface area contributed by atoms with Crippen LogP contribution < -0.4 is 9.46 Å². The standard InChI is InChI=1S/C18H20N4O4S/c1-25-14-7-12(10-22-6-2-5-19-22)8-15-16(14)17(20-26-15)21-27(23,24)11-13-9-18(13)3-4-18/h2,5-8,13H,3-4,9-11H2,1H3,(H,20,21). The van der Waals surface area contributed by atoms with Gasteiger partial charge in [0, 0.05) is 12.4 Å². The van der Waals surface area contributed by atoms with Crippen LogP contribution in [0.2, 0.25) is 0 Å². The number of methoxy groups -OCH3 is 1. The number of rotatable bonds is 7. The predicted octanol–water partition coefficient (Wildman–Crippen LogP) is 2.62. The van der Waals surface area contributed by atoms with Gasteiger partial charge in [0.25, 0.3) is 0 Å². The second kappa shape index (κ2) is 5.72. The van der Waals surface area contributed by atoms with Crippen molar-refractivity contribution >= 4 is 26.8 Å². The molecule has 9 heteroatoms. The number of nitrogens with zero attached hydrogens (tertiary/aromatic N) is 3. The number of anilines is 1. The van der Waals surface area contributed by atoms with Crippen LogP contribution in [-0.2, 0) is 16.6 Å². The molecule has 0 bridgehead atoms. The fourth-order valence-corrected chi connectivity index (χ4v) is 5.41. The summed E-state index contributed by atoms with van der Waals surface area (Å²) in [4.78, 5) is 0. The van der Waals surface area contributed by atoms with Gasteiger partial charge in [-0.05, 0) is 54.4 Å². The van der Waals surface area contributed by atoms with Gasteiger partial charge in [-0.25, -0.2) is 8.42 Å². The van der Waals surface area contributed by atoms with Crippen LogP contribution in [0.25, 0.3) is 11.0 Å². The number of sulfonamides is 1. The van der Waals surface area contributed by atoms with E-state index in [0.717, 1.165) is 24.8 Å². The van der Waals surface area contributed by atoms with E-state index in [1.54, 1.807) is 18.0 Å². The zero-order chi connectivity index (χ0) is 18.6. The molecule has 0 radical (unpaired) electrons. The lowest BCUT2D eigenvalue weighted by Crippen LogP contribution is -2.19. The number of benzene rings is 1. The summed E-state index contributed by atoms with van der Waals surface area (Å²) in [7, 11) is -1.94. The van der Waals surface area contributed by atoms with Gasteiger partial charge in [-0.1, -0.05) is 5.16 Å². The van der Waals surface area contributed by atoms with Gasteiger partial charge in [-0.3, -0.25) is 9.40 Å². The number of ether oxygens (including phenoxy) is 1. The molecule has 8 nitrogen and oxygen atoms in total. The zero-order valence-electron chi connectivity index (χ0n) is 14.9. The van der Waals surface area contributed by atoms with E-state index < -0.39 is 10.0 Å². The lowest BCUT2D eigenvalue weighted by molar-refractivity contribution is 0.418. The van der Waals surface area contributed by atoms with Crippen LogP contribution in [0, 0.1) is 11.3 Å². The van der Waals surface area contributed by atoms with Crippen LogP contribution in [0.5, 0.6) is 5.75 Å². The van der Waals surface area contributed by atoms with Gasteiger partial charge in [0.05, 0.1) is 19.4 Å². The van der Waals surface area contributed by atoms with Crippen molar-refractivity contribution in [3.63, 3.8) is 0 Å². The van der Waals surface area contributed by atoms with E-state index in [9.17, 15) is 8.42 Å². The quantitative estimate of drug-likeness (QED) is 0.668. The van der Waals surface area contributed by atoms with Crippen LogP contribution in [0.4, 0.5) is 5.82 Å². The van der Waals surface area contributed by atoms with Crippen molar-refractivity contribution < 1.29 is 17.7 Å². The number of nitrogens with one attached hydrogen (secondary N) is 1. The molecular formula is C18H20N4O4S. The van der Waals surface area contributed by atoms with Crippen molar-refractivity contribution in [2.45, 2.75) is 25.8 Å². The third-order valence-corrected chi connectivity index (χ3v) is 6.99. The lowest BCUT2D eigenvalue weighted by Gasteiger charge is -2.08. The molecule has 142 valence electrons. The van der Waals surface area contributed by atoms with Crippen molar-refractivity contribution in [2.75, 3.05) is 17.6 Å². The Labute approximate surface area is 156 Å². The summed E-state index contributed by atoms with van der Waals surface area (Å²) in [6, 6.07) is 5.52. The largest absolute Gasteiger partial charge is 0.496 e. The maximum Gasteiger partial charge on any atom is 0.234 e. The molecule has 0 aliphatic heterocycles. The highest BCUT2D eigenvalue weighted by Gasteiger charge is 2.63. The summed E-state index contributed by atoms with van der Waals surface area (Å²) < 4.78 is 40.3. The van der Waals surface area contributed by atoms with Crippen LogP contribution in [0.3, 0.4) is 0 Å². The molecule has 3 aromatic rings. The first kappa shape index (κ1) is 16.6. The van der Waals surface area contributed by atoms with E-state index in [-0.39, 0.29) is 17.5 Å². The van der Waals surface area contributed by atoms with Gasteiger partial charge in [-0.15, -0.1) is 0 Å². The molecule has 2 aromatic heterocycles. The molecule has 5 rings (SSSR count). The maximum absolute atomic E-state index is 12.5. The van der Waals surface area contributed by atoms with Crippen LogP contribution >= 0.6 is 0 Å². The van der Waals surface area contributed by atoms with Crippen LogP contribution in [-0.4, -0.2) is 36.2 Å². The summed E-state index contributed by atoms with van der Waals surface area (Å²) >= 11 is 0. The molecule has 2 heterocycles. The number of fused-ring (bicyclic) bond motifs is 1. The van der Waals surface area contributed by atoms with E-state index >= 15 is 0 Å². The molecule has 1 spiro atoms. The summed E-state index contributed by atoms with van der Waals surface area (Å²) in [5, 5.41) is 8.66. The van der Waals surface area contributed by atoms with Gasteiger partial charge < -0.3 is 9.26 Å². The second-order valence-electron chi connectivity index (χ2n) is 7.55. The monoisotopic (exact) mass is 388 g/mol. The normalized spacial score (nSPS) is 20.1. The topological polar surface area (TPSA) is 99.2 Å². The zero-order valence-corrected chi connectivity index (χ0v) is 15.7. The average Bonchev–Trinajstić information content (AvgIpc) is 3.39. The SMILES string of the molecule is COc1cc(Cn2cccn2)cc2onc(NS(=O)(=O)CC3CC34CC4)c12. The lowest BCUT2D eigenvalue weighted by atomic mass is 10.1. The van der Waals surface area contributed by atoms with Gasteiger partial charge >= 0.3 is 0 Å². The van der Waals surface area contributed by atoms with Gasteiger partial charge in [0.15, 0.2) is 11.4 Å². The Morgan fingerprint density at radius 1 is 1.41 bits per heavy atom. The molecule has 1 atom stereocenters. The first-order chi connectivity index (χ1) is 13.0. The minimum atomic E-state index is -3.48. The smallest absolute Gasteiger partial charge is 0.234 e. The predicted molar refractivity (Wildman–Crippen MR) is 99.1 cm³/mol. The molecule has 2 aliphatic rings. The maximum atomic E-state index is 12.5. The minimum Gasteiger partial charge on any atom is -0.496 e. The Bertz CT molecular complexity index is 1100. The number of aromatic nitrogens is 3. The molecule has 2 saturated carbocycles. The average molecular weight is 388 g/mol. The molecule has 1 aromatic carbocycles. The highest BCUT2D eigenvalue weighted by atomic mass is 32.2. The van der Waals surface area contributed by atoms with Crippen molar-refractivity contribution in [1.29, 1.82) is 0 Å². The Morgan fingerprint density at radius 2 is 2.26 bits per heavy atom. The first-order valence-corrected chi connectivity index (χ1v) is 10.6. The van der Waals surface area contributed by atoms with E-state index in [1.165, 1.54) is 0 Å². The van der Waals surface area contributed by atoms with Gasteiger partial charge in [0.2, 0.25) is 10.0 Å². The first-order valence-electron chi connectivity index (χ1n) is 8.92. The summed E-state index contributed by atoms with van der Waals surface area (Å²) in [5.74, 6) is 1.11. The Balaban J connectivity index is 1.43. The molecule has 1 N–H and O–H groups in total. The molecule has 0 amide bonds. The minimum absolute atomic E-state index is 0.140. The Morgan fingerprint density at radius 3 is 2.93 bits per heavy atom. The third-order valence-electron chi connectivity index (χ3n) is 5.65. The van der Waals surface area contributed by atoms with E-state index in [1.807, 2.05) is 24.4 Å².